The molecular weight excluding hydrogens is 323 g/mol. The van der Waals surface area contributed by atoms with Gasteiger partial charge in [-0.1, -0.05) is 30.3 Å². The zero-order valence-electron chi connectivity index (χ0n) is 13.4. The normalized spacial score (nSPS) is 13.9. The van der Waals surface area contributed by atoms with Crippen LogP contribution in [0.4, 0.5) is 10.1 Å². The van der Waals surface area contributed by atoms with Crippen molar-refractivity contribution in [2.75, 3.05) is 18.1 Å². The van der Waals surface area contributed by atoms with Gasteiger partial charge < -0.3 is 5.32 Å². The quantitative estimate of drug-likeness (QED) is 0.865. The fourth-order valence-corrected chi connectivity index (χ4v) is 2.38. The molecule has 0 fully saturated rings. The summed E-state index contributed by atoms with van der Waals surface area (Å²) in [7, 11) is 0. The van der Waals surface area contributed by atoms with Gasteiger partial charge in [-0.15, -0.1) is 0 Å². The highest BCUT2D eigenvalue weighted by atomic mass is 19.1. The highest BCUT2D eigenvalue weighted by molar-refractivity contribution is 6.39. The zero-order valence-corrected chi connectivity index (χ0v) is 13.4. The van der Waals surface area contributed by atoms with Gasteiger partial charge in [-0.2, -0.15) is 0 Å². The number of hydrogen-bond donors (Lipinski definition) is 2. The van der Waals surface area contributed by atoms with Gasteiger partial charge in [-0.05, 0) is 36.2 Å². The third-order valence-corrected chi connectivity index (χ3v) is 3.68. The minimum atomic E-state index is -0.393. The number of benzene rings is 2. The minimum Gasteiger partial charge on any atom is -0.349 e. The molecule has 0 saturated carbocycles. The highest BCUT2D eigenvalue weighted by Crippen LogP contribution is 2.13. The molecule has 0 spiro atoms. The van der Waals surface area contributed by atoms with Gasteiger partial charge in [0.1, 0.15) is 12.4 Å². The molecule has 3 rings (SSSR count). The Hall–Kier alpha value is -3.22. The van der Waals surface area contributed by atoms with Crippen LogP contribution in [0.3, 0.4) is 0 Å². The number of anilines is 1. The number of amides is 2. The molecule has 1 aliphatic heterocycles. The van der Waals surface area contributed by atoms with Gasteiger partial charge in [0.05, 0.1) is 5.69 Å². The summed E-state index contributed by atoms with van der Waals surface area (Å²) in [6.45, 7) is 0.285. The Morgan fingerprint density at radius 1 is 1.16 bits per heavy atom. The standard InChI is InChI=1S/C18H17FN4O2/c19-14-8-6-13(7-9-14)10-11-20-18(25)17-21-12-16(24)23(22-17)15-4-2-1-3-5-15/h1-9H,10-12H2,(H,20,25)(H,21,22). The molecule has 6 nitrogen and oxygen atoms in total. The fourth-order valence-electron chi connectivity index (χ4n) is 2.38. The molecule has 2 N–H and O–H groups in total. The Balaban J connectivity index is 1.56. The van der Waals surface area contributed by atoms with E-state index in [1.54, 1.807) is 36.4 Å². The molecule has 128 valence electrons. The summed E-state index contributed by atoms with van der Waals surface area (Å²) in [5.41, 5.74) is 4.30. The van der Waals surface area contributed by atoms with E-state index in [1.165, 1.54) is 17.1 Å². The molecular formula is C18H17FN4O2. The first-order valence-electron chi connectivity index (χ1n) is 7.85. The number of nitrogens with zero attached hydrogens (tertiary/aromatic N) is 2. The second kappa shape index (κ2) is 7.57. The maximum absolute atomic E-state index is 12.9. The average molecular weight is 340 g/mol. The lowest BCUT2D eigenvalue weighted by Crippen LogP contribution is -2.55. The summed E-state index contributed by atoms with van der Waals surface area (Å²) in [6, 6.07) is 15.1. The van der Waals surface area contributed by atoms with Gasteiger partial charge in [-0.25, -0.2) is 9.40 Å². The monoisotopic (exact) mass is 340 g/mol. The number of nitrogens with one attached hydrogen (secondary N) is 2. The lowest BCUT2D eigenvalue weighted by atomic mass is 10.1. The van der Waals surface area contributed by atoms with E-state index in [9.17, 15) is 14.0 Å². The lowest BCUT2D eigenvalue weighted by Gasteiger charge is -2.27. The number of hydrogen-bond acceptors (Lipinski definition) is 4. The maximum Gasteiger partial charge on any atom is 0.288 e. The van der Waals surface area contributed by atoms with Gasteiger partial charge in [-0.3, -0.25) is 20.0 Å². The second-order valence-electron chi connectivity index (χ2n) is 5.47. The predicted octanol–water partition coefficient (Wildman–Crippen LogP) is 1.43. The number of para-hydroxylation sites is 1. The van der Waals surface area contributed by atoms with Gasteiger partial charge in [0.25, 0.3) is 11.8 Å². The van der Waals surface area contributed by atoms with E-state index in [1.807, 2.05) is 6.07 Å². The van der Waals surface area contributed by atoms with E-state index in [-0.39, 0.29) is 24.1 Å². The van der Waals surface area contributed by atoms with Crippen molar-refractivity contribution in [3.05, 3.63) is 66.0 Å². The average Bonchev–Trinajstić information content (AvgIpc) is 2.64. The van der Waals surface area contributed by atoms with E-state index >= 15 is 0 Å². The van der Waals surface area contributed by atoms with Crippen LogP contribution in [0.1, 0.15) is 5.56 Å². The predicted molar refractivity (Wildman–Crippen MR) is 92.5 cm³/mol. The van der Waals surface area contributed by atoms with Crippen molar-refractivity contribution in [2.24, 2.45) is 4.99 Å². The van der Waals surface area contributed by atoms with E-state index in [0.717, 1.165) is 5.56 Å². The van der Waals surface area contributed by atoms with Crippen molar-refractivity contribution < 1.29 is 14.0 Å². The molecule has 0 saturated heterocycles. The van der Waals surface area contributed by atoms with Crippen molar-refractivity contribution >= 4 is 23.3 Å². The molecule has 1 heterocycles. The molecule has 2 amide bonds. The zero-order chi connectivity index (χ0) is 17.6. The van der Waals surface area contributed by atoms with Crippen molar-refractivity contribution in [3.8, 4) is 0 Å². The maximum atomic E-state index is 12.9. The second-order valence-corrected chi connectivity index (χ2v) is 5.47. The highest BCUT2D eigenvalue weighted by Gasteiger charge is 2.25. The van der Waals surface area contributed by atoms with Crippen LogP contribution in [0.2, 0.25) is 0 Å². The summed E-state index contributed by atoms with van der Waals surface area (Å²) >= 11 is 0. The molecule has 0 radical (unpaired) electrons. The fraction of sp³-hybridized carbons (Fsp3) is 0.167. The molecule has 25 heavy (non-hydrogen) atoms. The molecule has 0 aromatic heterocycles. The number of amidine groups is 1. The largest absolute Gasteiger partial charge is 0.349 e. The van der Waals surface area contributed by atoms with Crippen LogP contribution >= 0.6 is 0 Å². The first-order chi connectivity index (χ1) is 12.1. The Bertz CT molecular complexity index is 790. The molecule has 7 heteroatoms. The number of carbonyl (C=O) groups excluding carboxylic acids is 2. The topological polar surface area (TPSA) is 73.8 Å². The smallest absolute Gasteiger partial charge is 0.288 e. The summed E-state index contributed by atoms with van der Waals surface area (Å²) in [5, 5.41) is 4.05. The summed E-state index contributed by atoms with van der Waals surface area (Å²) < 4.78 is 12.9. The Kier molecular flexibility index (Phi) is 5.03. The number of carbonyl (C=O) groups is 2. The van der Waals surface area contributed by atoms with Crippen molar-refractivity contribution in [1.29, 1.82) is 0 Å². The molecule has 0 bridgehead atoms. The third kappa shape index (κ3) is 4.20. The van der Waals surface area contributed by atoms with Crippen LogP contribution < -0.4 is 15.8 Å². The van der Waals surface area contributed by atoms with Crippen LogP contribution in [-0.2, 0) is 16.0 Å². The lowest BCUT2D eigenvalue weighted by molar-refractivity contribution is -0.118. The van der Waals surface area contributed by atoms with Gasteiger partial charge in [0.15, 0.2) is 0 Å². The SMILES string of the molecule is O=C(NCCc1ccc(F)cc1)C1=NCC(=O)N(c2ccccc2)N1. The molecule has 0 atom stereocenters. The molecule has 2 aromatic rings. The van der Waals surface area contributed by atoms with Crippen molar-refractivity contribution in [2.45, 2.75) is 6.42 Å². The van der Waals surface area contributed by atoms with Crippen LogP contribution in [0, 0.1) is 5.82 Å². The third-order valence-electron chi connectivity index (χ3n) is 3.68. The van der Waals surface area contributed by atoms with E-state index < -0.39 is 5.91 Å². The van der Waals surface area contributed by atoms with Crippen molar-refractivity contribution in [1.82, 2.24) is 10.7 Å². The van der Waals surface area contributed by atoms with Gasteiger partial charge >= 0.3 is 0 Å². The van der Waals surface area contributed by atoms with E-state index in [4.69, 9.17) is 0 Å². The van der Waals surface area contributed by atoms with E-state index in [2.05, 4.69) is 15.7 Å². The summed E-state index contributed by atoms with van der Waals surface area (Å²) in [6.07, 6.45) is 0.570. The van der Waals surface area contributed by atoms with Crippen LogP contribution in [-0.4, -0.2) is 30.7 Å². The van der Waals surface area contributed by atoms with Crippen LogP contribution in [0.5, 0.6) is 0 Å². The Morgan fingerprint density at radius 3 is 2.60 bits per heavy atom. The Labute approximate surface area is 144 Å². The van der Waals surface area contributed by atoms with Gasteiger partial charge in [0.2, 0.25) is 5.84 Å². The van der Waals surface area contributed by atoms with E-state index in [0.29, 0.717) is 18.7 Å². The number of aliphatic imine (C=N–C) groups is 1. The molecule has 0 unspecified atom stereocenters. The minimum absolute atomic E-state index is 0.0857. The Morgan fingerprint density at radius 2 is 1.88 bits per heavy atom. The first kappa shape index (κ1) is 16.6. The summed E-state index contributed by atoms with van der Waals surface area (Å²) in [4.78, 5) is 28.2. The van der Waals surface area contributed by atoms with Crippen LogP contribution in [0.15, 0.2) is 59.6 Å². The number of halogens is 1. The molecule has 0 aliphatic carbocycles. The van der Waals surface area contributed by atoms with Gasteiger partial charge in [0, 0.05) is 6.54 Å². The van der Waals surface area contributed by atoms with Crippen molar-refractivity contribution in [3.63, 3.8) is 0 Å². The van der Waals surface area contributed by atoms with Crippen LogP contribution in [0.25, 0.3) is 0 Å². The molecule has 1 aliphatic rings. The molecule has 2 aromatic carbocycles. The number of rotatable bonds is 5. The first-order valence-corrected chi connectivity index (χ1v) is 7.85. The summed E-state index contributed by atoms with van der Waals surface area (Å²) in [5.74, 6) is -0.841. The number of hydrazine groups is 1.